The van der Waals surface area contributed by atoms with Gasteiger partial charge in [-0.2, -0.15) is 4.31 Å². The van der Waals surface area contributed by atoms with Crippen LogP contribution in [0.25, 0.3) is 0 Å². The maximum atomic E-state index is 12.2. The van der Waals surface area contributed by atoms with Gasteiger partial charge in [0.15, 0.2) is 0 Å². The molecule has 0 bridgehead atoms. The second-order valence-corrected chi connectivity index (χ2v) is 8.91. The Kier molecular flexibility index (Phi) is 6.27. The summed E-state index contributed by atoms with van der Waals surface area (Å²) >= 11 is 0. The summed E-state index contributed by atoms with van der Waals surface area (Å²) in [6.45, 7) is 8.94. The van der Waals surface area contributed by atoms with Crippen LogP contribution in [0.3, 0.4) is 0 Å². The Bertz CT molecular complexity index is 503. The van der Waals surface area contributed by atoms with E-state index in [-0.39, 0.29) is 6.03 Å². The highest BCUT2D eigenvalue weighted by Crippen LogP contribution is 2.17. The number of amides is 2. The number of sulfonamides is 1. The van der Waals surface area contributed by atoms with Crippen molar-refractivity contribution in [2.24, 2.45) is 5.92 Å². The predicted octanol–water partition coefficient (Wildman–Crippen LogP) is 0.394. The van der Waals surface area contributed by atoms with E-state index in [0.717, 1.165) is 19.0 Å². The minimum absolute atomic E-state index is 0.0879. The summed E-state index contributed by atoms with van der Waals surface area (Å²) < 4.78 is 24.4. The molecule has 2 amide bonds. The fraction of sp³-hybridized carbons (Fsp3) is 0.933. The average molecular weight is 346 g/mol. The van der Waals surface area contributed by atoms with E-state index < -0.39 is 10.0 Å². The third-order valence-electron chi connectivity index (χ3n) is 4.86. The molecular formula is C15H30N4O3S. The van der Waals surface area contributed by atoms with Crippen molar-refractivity contribution in [2.45, 2.75) is 32.7 Å². The molecule has 7 nitrogen and oxygen atoms in total. The molecule has 2 atom stereocenters. The van der Waals surface area contributed by atoms with E-state index in [9.17, 15) is 13.2 Å². The molecule has 0 unspecified atom stereocenters. The Morgan fingerprint density at radius 2 is 1.87 bits per heavy atom. The number of hydrogen-bond donors (Lipinski definition) is 1. The van der Waals surface area contributed by atoms with Gasteiger partial charge in [-0.15, -0.1) is 0 Å². The maximum Gasteiger partial charge on any atom is 0.317 e. The molecule has 2 aliphatic heterocycles. The zero-order valence-corrected chi connectivity index (χ0v) is 15.3. The number of likely N-dealkylation sites (tertiary alicyclic amines) is 1. The molecule has 0 aromatic carbocycles. The van der Waals surface area contributed by atoms with Crippen LogP contribution in [0.5, 0.6) is 0 Å². The molecule has 0 aromatic heterocycles. The predicted molar refractivity (Wildman–Crippen MR) is 90.8 cm³/mol. The summed E-state index contributed by atoms with van der Waals surface area (Å²) in [5, 5.41) is 3.00. The van der Waals surface area contributed by atoms with Crippen LogP contribution >= 0.6 is 0 Å². The first-order valence-electron chi connectivity index (χ1n) is 8.49. The van der Waals surface area contributed by atoms with Gasteiger partial charge in [0.05, 0.1) is 6.26 Å². The third kappa shape index (κ3) is 5.32. The Morgan fingerprint density at radius 1 is 1.22 bits per heavy atom. The Hall–Kier alpha value is -0.860. The van der Waals surface area contributed by atoms with Crippen LogP contribution < -0.4 is 5.32 Å². The topological polar surface area (TPSA) is 73.0 Å². The first kappa shape index (κ1) is 18.5. The minimum atomic E-state index is -3.15. The highest BCUT2D eigenvalue weighted by molar-refractivity contribution is 7.88. The largest absolute Gasteiger partial charge is 0.336 e. The van der Waals surface area contributed by atoms with Gasteiger partial charge in [-0.1, -0.05) is 6.92 Å². The minimum Gasteiger partial charge on any atom is -0.336 e. The summed E-state index contributed by atoms with van der Waals surface area (Å²) in [4.78, 5) is 16.4. The Morgan fingerprint density at radius 3 is 2.43 bits per heavy atom. The molecule has 2 rings (SSSR count). The number of piperidine rings is 1. The highest BCUT2D eigenvalue weighted by Gasteiger charge is 2.27. The molecule has 1 N–H and O–H groups in total. The molecule has 0 aliphatic carbocycles. The second kappa shape index (κ2) is 7.81. The second-order valence-electron chi connectivity index (χ2n) is 6.93. The van der Waals surface area contributed by atoms with Crippen molar-refractivity contribution < 1.29 is 13.2 Å². The molecule has 0 spiro atoms. The van der Waals surface area contributed by atoms with Gasteiger partial charge >= 0.3 is 6.03 Å². The van der Waals surface area contributed by atoms with Crippen molar-refractivity contribution in [2.75, 3.05) is 52.1 Å². The average Bonchev–Trinajstić information content (AvgIpc) is 2.51. The van der Waals surface area contributed by atoms with Gasteiger partial charge in [0.1, 0.15) is 0 Å². The lowest BCUT2D eigenvalue weighted by molar-refractivity contribution is 0.132. The monoisotopic (exact) mass is 346 g/mol. The van der Waals surface area contributed by atoms with Crippen LogP contribution in [-0.4, -0.2) is 86.7 Å². The van der Waals surface area contributed by atoms with Crippen LogP contribution in [0.4, 0.5) is 4.79 Å². The summed E-state index contributed by atoms with van der Waals surface area (Å²) in [6.07, 6.45) is 3.73. The summed E-state index contributed by atoms with van der Waals surface area (Å²) in [6, 6.07) is 0.245. The zero-order valence-electron chi connectivity index (χ0n) is 14.5. The van der Waals surface area contributed by atoms with Gasteiger partial charge < -0.3 is 10.2 Å². The Balaban J connectivity index is 1.73. The van der Waals surface area contributed by atoms with Crippen molar-refractivity contribution >= 4 is 16.1 Å². The smallest absolute Gasteiger partial charge is 0.317 e. The zero-order chi connectivity index (χ0) is 17.0. The number of urea groups is 1. The van der Waals surface area contributed by atoms with Crippen molar-refractivity contribution in [1.29, 1.82) is 0 Å². The lowest BCUT2D eigenvalue weighted by atomic mass is 9.99. The van der Waals surface area contributed by atoms with E-state index in [0.29, 0.717) is 38.8 Å². The van der Waals surface area contributed by atoms with Crippen molar-refractivity contribution in [1.82, 2.24) is 19.4 Å². The molecule has 2 fully saturated rings. The van der Waals surface area contributed by atoms with Crippen molar-refractivity contribution in [3.63, 3.8) is 0 Å². The summed E-state index contributed by atoms with van der Waals surface area (Å²) in [5.74, 6) is 0.728. The molecule has 0 saturated carbocycles. The molecule has 134 valence electrons. The van der Waals surface area contributed by atoms with E-state index in [4.69, 9.17) is 0 Å². The van der Waals surface area contributed by atoms with Gasteiger partial charge in [0.25, 0.3) is 0 Å². The first-order chi connectivity index (χ1) is 10.8. The first-order valence-corrected chi connectivity index (χ1v) is 10.3. The number of carbonyl (C=O) groups is 1. The van der Waals surface area contributed by atoms with Gasteiger partial charge in [-0.05, 0) is 32.2 Å². The number of piperazine rings is 1. The molecule has 0 aromatic rings. The molecule has 2 aliphatic rings. The van der Waals surface area contributed by atoms with Crippen LogP contribution in [0.15, 0.2) is 0 Å². The quantitative estimate of drug-likeness (QED) is 0.799. The number of nitrogens with one attached hydrogen (secondary N) is 1. The van der Waals surface area contributed by atoms with Crippen LogP contribution in [0, 0.1) is 5.92 Å². The van der Waals surface area contributed by atoms with Crippen LogP contribution in [0.1, 0.15) is 26.7 Å². The molecule has 0 radical (unpaired) electrons. The summed E-state index contributed by atoms with van der Waals surface area (Å²) in [7, 11) is -3.15. The SMILES string of the molecule is C[C@H]1CCCN([C@H](C)CNC(=O)N2CCN(S(C)(=O)=O)CC2)C1. The molecule has 2 saturated heterocycles. The van der Waals surface area contributed by atoms with Crippen LogP contribution in [-0.2, 0) is 10.0 Å². The van der Waals surface area contributed by atoms with Gasteiger partial charge in [-0.3, -0.25) is 4.90 Å². The number of nitrogens with zero attached hydrogens (tertiary/aromatic N) is 3. The van der Waals surface area contributed by atoms with Crippen LogP contribution in [0.2, 0.25) is 0 Å². The van der Waals surface area contributed by atoms with E-state index >= 15 is 0 Å². The fourth-order valence-electron chi connectivity index (χ4n) is 3.32. The number of carbonyl (C=O) groups excluding carboxylic acids is 1. The number of hydrogen-bond acceptors (Lipinski definition) is 4. The number of rotatable bonds is 4. The molecule has 8 heteroatoms. The lowest BCUT2D eigenvalue weighted by Crippen LogP contribution is -2.54. The standard InChI is InChI=1S/C15H30N4O3S/c1-13-5-4-6-18(12-13)14(2)11-16-15(20)17-7-9-19(10-8-17)23(3,21)22/h13-14H,4-12H2,1-3H3,(H,16,20)/t13-,14+/m0/s1. The summed E-state index contributed by atoms with van der Waals surface area (Å²) in [5.41, 5.74) is 0. The van der Waals surface area contributed by atoms with E-state index in [1.165, 1.54) is 23.4 Å². The van der Waals surface area contributed by atoms with E-state index in [1.807, 2.05) is 0 Å². The molecule has 23 heavy (non-hydrogen) atoms. The Labute approximate surface area is 140 Å². The van der Waals surface area contributed by atoms with E-state index in [2.05, 4.69) is 24.1 Å². The maximum absolute atomic E-state index is 12.2. The normalized spacial score (nSPS) is 26.0. The highest BCUT2D eigenvalue weighted by atomic mass is 32.2. The lowest BCUT2D eigenvalue weighted by Gasteiger charge is -2.36. The molecule has 2 heterocycles. The molecular weight excluding hydrogens is 316 g/mol. The van der Waals surface area contributed by atoms with Gasteiger partial charge in [-0.25, -0.2) is 13.2 Å². The fourth-order valence-corrected chi connectivity index (χ4v) is 4.15. The third-order valence-corrected chi connectivity index (χ3v) is 6.16. The van der Waals surface area contributed by atoms with Crippen molar-refractivity contribution in [3.8, 4) is 0 Å². The van der Waals surface area contributed by atoms with E-state index in [1.54, 1.807) is 4.90 Å². The van der Waals surface area contributed by atoms with Crippen molar-refractivity contribution in [3.05, 3.63) is 0 Å². The van der Waals surface area contributed by atoms with Gasteiger partial charge in [0.2, 0.25) is 10.0 Å². The van der Waals surface area contributed by atoms with Gasteiger partial charge in [0, 0.05) is 45.3 Å².